The highest BCUT2D eigenvalue weighted by molar-refractivity contribution is 5.73. The van der Waals surface area contributed by atoms with Crippen molar-refractivity contribution >= 4 is 18.0 Å². The second-order valence-corrected chi connectivity index (χ2v) is 7.76. The van der Waals surface area contributed by atoms with Crippen molar-refractivity contribution in [3.05, 3.63) is 23.7 Å². The number of morpholine rings is 2. The molecule has 1 aromatic rings. The molecule has 3 aliphatic heterocycles. The van der Waals surface area contributed by atoms with Crippen LogP contribution in [0.5, 0.6) is 0 Å². The Morgan fingerprint density at radius 3 is 2.23 bits per heavy atom. The van der Waals surface area contributed by atoms with Crippen molar-refractivity contribution in [1.29, 1.82) is 0 Å². The number of hydrogen-bond donors (Lipinski definition) is 1. The van der Waals surface area contributed by atoms with E-state index >= 15 is 0 Å². The van der Waals surface area contributed by atoms with E-state index in [1.165, 1.54) is 6.21 Å². The van der Waals surface area contributed by atoms with Crippen molar-refractivity contribution in [2.24, 2.45) is 16.1 Å². The summed E-state index contributed by atoms with van der Waals surface area (Å²) < 4.78 is 53.0. The fourth-order valence-electron chi connectivity index (χ4n) is 3.85. The number of aliphatic imine (C=N–C) groups is 1. The summed E-state index contributed by atoms with van der Waals surface area (Å²) in [4.78, 5) is 17.1. The maximum Gasteiger partial charge on any atom is 0.398 e. The average molecular weight is 426 g/mol. The van der Waals surface area contributed by atoms with Crippen molar-refractivity contribution in [1.82, 2.24) is 9.97 Å². The van der Waals surface area contributed by atoms with Gasteiger partial charge >= 0.3 is 6.18 Å². The Hall–Kier alpha value is -2.40. The number of nitrogens with zero attached hydrogens (tertiary/aromatic N) is 5. The lowest BCUT2D eigenvalue weighted by Gasteiger charge is -2.37. The summed E-state index contributed by atoms with van der Waals surface area (Å²) >= 11 is 0. The molecule has 0 aliphatic carbocycles. The highest BCUT2D eigenvalue weighted by atomic mass is 19.4. The summed E-state index contributed by atoms with van der Waals surface area (Å²) in [6.07, 6.45) is -2.31. The first-order valence-electron chi connectivity index (χ1n) is 9.91. The Kier molecular flexibility index (Phi) is 5.58. The maximum atomic E-state index is 14.1. The quantitative estimate of drug-likeness (QED) is 0.787. The normalized spacial score (nSPS) is 27.9. The van der Waals surface area contributed by atoms with Gasteiger partial charge in [0.05, 0.1) is 43.5 Å². The first-order chi connectivity index (χ1) is 14.3. The molecule has 2 saturated heterocycles. The van der Waals surface area contributed by atoms with E-state index in [9.17, 15) is 13.2 Å². The summed E-state index contributed by atoms with van der Waals surface area (Å²) in [7, 11) is 0. The van der Waals surface area contributed by atoms with Gasteiger partial charge in [-0.25, -0.2) is 9.98 Å². The molecule has 2 N–H and O–H groups in total. The van der Waals surface area contributed by atoms with E-state index in [-0.39, 0.29) is 11.5 Å². The molecule has 1 aromatic heterocycles. The van der Waals surface area contributed by atoms with Crippen molar-refractivity contribution < 1.29 is 22.6 Å². The number of hydrogen-bond acceptors (Lipinski definition) is 8. The Bertz CT molecular complexity index is 798. The number of anilines is 2. The van der Waals surface area contributed by atoms with Gasteiger partial charge in [0.25, 0.3) is 0 Å². The SMILES string of the molecule is CC1(C(F)(F)F)C=C(N)N=CC1c1cc(N2CCOCC2)nc(N2CCOCC2)n1. The summed E-state index contributed by atoms with van der Waals surface area (Å²) in [6, 6.07) is 1.63. The highest BCUT2D eigenvalue weighted by Gasteiger charge is 2.56. The van der Waals surface area contributed by atoms with Gasteiger partial charge in [0, 0.05) is 38.5 Å². The highest BCUT2D eigenvalue weighted by Crippen LogP contribution is 2.50. The van der Waals surface area contributed by atoms with Crippen LogP contribution < -0.4 is 15.5 Å². The van der Waals surface area contributed by atoms with E-state index in [0.29, 0.717) is 64.4 Å². The van der Waals surface area contributed by atoms with E-state index in [2.05, 4.69) is 15.0 Å². The standard InChI is InChI=1S/C19H25F3N6O2/c1-18(19(20,21)22)11-15(23)24-12-13(18)14-10-16(27-2-6-29-7-3-27)26-17(25-14)28-4-8-30-9-5-28/h10-13H,2-9,23H2,1H3. The lowest BCUT2D eigenvalue weighted by molar-refractivity contribution is -0.202. The smallest absolute Gasteiger partial charge is 0.384 e. The largest absolute Gasteiger partial charge is 0.398 e. The first kappa shape index (κ1) is 20.9. The van der Waals surface area contributed by atoms with Crippen LogP contribution in [0.25, 0.3) is 0 Å². The van der Waals surface area contributed by atoms with Crippen LogP contribution in [0.15, 0.2) is 23.0 Å². The molecule has 8 nitrogen and oxygen atoms in total. The third kappa shape index (κ3) is 3.95. The predicted molar refractivity (Wildman–Crippen MR) is 106 cm³/mol. The van der Waals surface area contributed by atoms with Crippen molar-refractivity contribution in [2.75, 3.05) is 62.4 Å². The van der Waals surface area contributed by atoms with Gasteiger partial charge in [-0.15, -0.1) is 0 Å². The summed E-state index contributed by atoms with van der Waals surface area (Å²) in [5.41, 5.74) is 3.67. The molecular weight excluding hydrogens is 401 g/mol. The number of allylic oxidation sites excluding steroid dienone is 1. The van der Waals surface area contributed by atoms with Crippen LogP contribution in [0.4, 0.5) is 24.9 Å². The average Bonchev–Trinajstić information content (AvgIpc) is 2.74. The van der Waals surface area contributed by atoms with Gasteiger partial charge < -0.3 is 25.0 Å². The van der Waals surface area contributed by atoms with E-state index < -0.39 is 17.5 Å². The molecule has 2 atom stereocenters. The topological polar surface area (TPSA) is 89.1 Å². The zero-order valence-corrected chi connectivity index (χ0v) is 16.7. The number of rotatable bonds is 3. The number of nitrogens with two attached hydrogens (primary N) is 1. The second kappa shape index (κ2) is 8.03. The van der Waals surface area contributed by atoms with E-state index in [0.717, 1.165) is 13.0 Å². The zero-order chi connectivity index (χ0) is 21.4. The summed E-state index contributed by atoms with van der Waals surface area (Å²) in [5, 5.41) is 0. The predicted octanol–water partition coefficient (Wildman–Crippen LogP) is 1.69. The molecule has 164 valence electrons. The van der Waals surface area contributed by atoms with Crippen LogP contribution in [-0.4, -0.2) is 75.0 Å². The lowest BCUT2D eigenvalue weighted by atomic mass is 9.73. The molecule has 0 spiro atoms. The molecule has 11 heteroatoms. The van der Waals surface area contributed by atoms with Gasteiger partial charge in [0.1, 0.15) is 11.6 Å². The van der Waals surface area contributed by atoms with Gasteiger partial charge in [-0.05, 0) is 13.0 Å². The fraction of sp³-hybridized carbons (Fsp3) is 0.632. The third-order valence-corrected chi connectivity index (χ3v) is 5.75. The Balaban J connectivity index is 1.78. The minimum Gasteiger partial charge on any atom is -0.384 e. The molecule has 0 bridgehead atoms. The number of alkyl halides is 3. The van der Waals surface area contributed by atoms with E-state index in [1.54, 1.807) is 6.07 Å². The van der Waals surface area contributed by atoms with Crippen LogP contribution in [0, 0.1) is 5.41 Å². The molecule has 2 fully saturated rings. The summed E-state index contributed by atoms with van der Waals surface area (Å²) in [6.45, 7) is 5.62. The third-order valence-electron chi connectivity index (χ3n) is 5.75. The van der Waals surface area contributed by atoms with Crippen molar-refractivity contribution in [3.63, 3.8) is 0 Å². The number of aromatic nitrogens is 2. The molecule has 3 aliphatic rings. The monoisotopic (exact) mass is 426 g/mol. The molecule has 4 rings (SSSR count). The van der Waals surface area contributed by atoms with Crippen molar-refractivity contribution in [2.45, 2.75) is 19.0 Å². The first-order valence-corrected chi connectivity index (χ1v) is 9.91. The maximum absolute atomic E-state index is 14.1. The molecule has 0 amide bonds. The Morgan fingerprint density at radius 2 is 1.63 bits per heavy atom. The van der Waals surface area contributed by atoms with Crippen LogP contribution in [0.3, 0.4) is 0 Å². The molecule has 0 saturated carbocycles. The Labute approximate surface area is 172 Å². The van der Waals surface area contributed by atoms with Crippen LogP contribution in [0.1, 0.15) is 18.5 Å². The van der Waals surface area contributed by atoms with Crippen LogP contribution in [0.2, 0.25) is 0 Å². The van der Waals surface area contributed by atoms with Gasteiger partial charge in [-0.2, -0.15) is 18.2 Å². The van der Waals surface area contributed by atoms with Gasteiger partial charge in [-0.3, -0.25) is 0 Å². The van der Waals surface area contributed by atoms with Gasteiger partial charge in [0.2, 0.25) is 5.95 Å². The molecule has 0 radical (unpaired) electrons. The lowest BCUT2D eigenvalue weighted by Crippen LogP contribution is -2.43. The second-order valence-electron chi connectivity index (χ2n) is 7.76. The van der Waals surface area contributed by atoms with Crippen LogP contribution >= 0.6 is 0 Å². The van der Waals surface area contributed by atoms with E-state index in [4.69, 9.17) is 15.2 Å². The minimum absolute atomic E-state index is 0.151. The summed E-state index contributed by atoms with van der Waals surface area (Å²) in [5.74, 6) is -0.280. The number of halogens is 3. The van der Waals surface area contributed by atoms with Crippen LogP contribution in [-0.2, 0) is 9.47 Å². The van der Waals surface area contributed by atoms with Gasteiger partial charge in [-0.1, -0.05) is 0 Å². The number of ether oxygens (including phenoxy) is 2. The molecule has 0 aromatic carbocycles. The zero-order valence-electron chi connectivity index (χ0n) is 16.7. The van der Waals surface area contributed by atoms with Gasteiger partial charge in [0.15, 0.2) is 0 Å². The molecule has 30 heavy (non-hydrogen) atoms. The molecular formula is C19H25F3N6O2. The minimum atomic E-state index is -4.53. The van der Waals surface area contributed by atoms with Crippen molar-refractivity contribution in [3.8, 4) is 0 Å². The molecule has 4 heterocycles. The Morgan fingerprint density at radius 1 is 1.03 bits per heavy atom. The fourth-order valence-corrected chi connectivity index (χ4v) is 3.85. The van der Waals surface area contributed by atoms with E-state index in [1.807, 2.05) is 9.80 Å². The molecule has 2 unspecified atom stereocenters.